The lowest BCUT2D eigenvalue weighted by molar-refractivity contribution is -0.138. The second kappa shape index (κ2) is 7.55. The fourth-order valence-corrected chi connectivity index (χ4v) is 2.99. The number of pyridine rings is 1. The molecular weight excluding hydrogens is 264 g/mol. The van der Waals surface area contributed by atoms with Crippen molar-refractivity contribution in [2.75, 3.05) is 13.1 Å². The lowest BCUT2D eigenvalue weighted by atomic mass is 9.89. The number of aliphatic hydroxyl groups excluding tert-OH is 1. The number of amides is 1. The van der Waals surface area contributed by atoms with E-state index in [-0.39, 0.29) is 17.9 Å². The van der Waals surface area contributed by atoms with Crippen molar-refractivity contribution in [2.24, 2.45) is 11.8 Å². The highest BCUT2D eigenvalue weighted by Gasteiger charge is 2.28. The molecule has 116 valence electrons. The summed E-state index contributed by atoms with van der Waals surface area (Å²) in [5.41, 5.74) is 1.12. The fourth-order valence-electron chi connectivity index (χ4n) is 2.99. The Labute approximate surface area is 127 Å². The normalized spacial score (nSPS) is 18.0. The van der Waals surface area contributed by atoms with Gasteiger partial charge in [0.1, 0.15) is 0 Å². The number of aliphatic hydroxyl groups is 1. The standard InChI is InChI=1S/C17H26N2O2/c1-13(2)10-15(11-14-4-3-7-18-12-14)17(21)19-8-5-16(20)6-9-19/h3-4,7,12-13,15-16,20H,5-6,8-11H2,1-2H3/t15-/m0/s1. The number of carbonyl (C=O) groups is 1. The van der Waals surface area contributed by atoms with Crippen LogP contribution >= 0.6 is 0 Å². The van der Waals surface area contributed by atoms with Gasteiger partial charge in [0.05, 0.1) is 6.10 Å². The first kappa shape index (κ1) is 16.0. The van der Waals surface area contributed by atoms with Gasteiger partial charge in [-0.05, 0) is 43.2 Å². The van der Waals surface area contributed by atoms with Crippen LogP contribution in [0.5, 0.6) is 0 Å². The number of piperidine rings is 1. The van der Waals surface area contributed by atoms with E-state index in [1.54, 1.807) is 6.20 Å². The summed E-state index contributed by atoms with van der Waals surface area (Å²) in [6.07, 6.45) is 6.42. The first-order chi connectivity index (χ1) is 10.1. The molecule has 1 aromatic rings. The molecule has 21 heavy (non-hydrogen) atoms. The Bertz CT molecular complexity index is 439. The molecule has 4 heteroatoms. The molecule has 1 aromatic heterocycles. The molecule has 1 fully saturated rings. The van der Waals surface area contributed by atoms with Crippen LogP contribution in [0.15, 0.2) is 24.5 Å². The molecule has 2 rings (SSSR count). The molecule has 0 spiro atoms. The van der Waals surface area contributed by atoms with Crippen molar-refractivity contribution >= 4 is 5.91 Å². The lowest BCUT2D eigenvalue weighted by Crippen LogP contribution is -2.43. The van der Waals surface area contributed by atoms with Crippen molar-refractivity contribution in [1.29, 1.82) is 0 Å². The summed E-state index contributed by atoms with van der Waals surface area (Å²) in [7, 11) is 0. The summed E-state index contributed by atoms with van der Waals surface area (Å²) >= 11 is 0. The number of aromatic nitrogens is 1. The Morgan fingerprint density at radius 1 is 1.43 bits per heavy atom. The summed E-state index contributed by atoms with van der Waals surface area (Å²) in [5, 5.41) is 9.58. The molecule has 1 atom stereocenters. The maximum absolute atomic E-state index is 12.8. The van der Waals surface area contributed by atoms with E-state index in [0.29, 0.717) is 31.8 Å². The van der Waals surface area contributed by atoms with Crippen LogP contribution < -0.4 is 0 Å². The Morgan fingerprint density at radius 3 is 2.71 bits per heavy atom. The Morgan fingerprint density at radius 2 is 2.14 bits per heavy atom. The third-order valence-corrected chi connectivity index (χ3v) is 4.09. The number of likely N-dealkylation sites (tertiary alicyclic amines) is 1. The van der Waals surface area contributed by atoms with Gasteiger partial charge in [0.15, 0.2) is 0 Å². The molecule has 1 aliphatic rings. The van der Waals surface area contributed by atoms with E-state index >= 15 is 0 Å². The second-order valence-electron chi connectivity index (χ2n) is 6.45. The molecule has 4 nitrogen and oxygen atoms in total. The smallest absolute Gasteiger partial charge is 0.226 e. The monoisotopic (exact) mass is 290 g/mol. The van der Waals surface area contributed by atoms with Crippen LogP contribution in [-0.4, -0.2) is 40.1 Å². The number of hydrogen-bond acceptors (Lipinski definition) is 3. The van der Waals surface area contributed by atoms with Crippen LogP contribution in [-0.2, 0) is 11.2 Å². The molecule has 0 aliphatic carbocycles. The maximum Gasteiger partial charge on any atom is 0.226 e. The van der Waals surface area contributed by atoms with Crippen molar-refractivity contribution in [1.82, 2.24) is 9.88 Å². The molecule has 0 unspecified atom stereocenters. The molecule has 1 aliphatic heterocycles. The van der Waals surface area contributed by atoms with Crippen LogP contribution in [0, 0.1) is 11.8 Å². The molecule has 0 saturated carbocycles. The highest BCUT2D eigenvalue weighted by atomic mass is 16.3. The zero-order chi connectivity index (χ0) is 15.2. The molecule has 1 saturated heterocycles. The van der Waals surface area contributed by atoms with Gasteiger partial charge < -0.3 is 10.0 Å². The van der Waals surface area contributed by atoms with Crippen molar-refractivity contribution < 1.29 is 9.90 Å². The minimum absolute atomic E-state index is 0.0180. The Hall–Kier alpha value is -1.42. The Kier molecular flexibility index (Phi) is 5.74. The van der Waals surface area contributed by atoms with E-state index in [4.69, 9.17) is 0 Å². The van der Waals surface area contributed by atoms with Crippen molar-refractivity contribution in [3.05, 3.63) is 30.1 Å². The highest BCUT2D eigenvalue weighted by Crippen LogP contribution is 2.22. The van der Waals surface area contributed by atoms with E-state index in [0.717, 1.165) is 18.4 Å². The molecule has 0 radical (unpaired) electrons. The fraction of sp³-hybridized carbons (Fsp3) is 0.647. The number of rotatable bonds is 5. The minimum atomic E-state index is -0.240. The van der Waals surface area contributed by atoms with Gasteiger partial charge in [-0.1, -0.05) is 19.9 Å². The average Bonchev–Trinajstić information content (AvgIpc) is 2.47. The predicted octanol–water partition coefficient (Wildman–Crippen LogP) is 2.27. The van der Waals surface area contributed by atoms with Crippen LogP contribution in [0.1, 0.15) is 38.7 Å². The number of carbonyl (C=O) groups excluding carboxylic acids is 1. The average molecular weight is 290 g/mol. The van der Waals surface area contributed by atoms with Crippen molar-refractivity contribution in [2.45, 2.75) is 45.6 Å². The number of nitrogens with zero attached hydrogens (tertiary/aromatic N) is 2. The molecule has 0 bridgehead atoms. The number of hydrogen-bond donors (Lipinski definition) is 1. The molecule has 0 aromatic carbocycles. The van der Waals surface area contributed by atoms with E-state index in [9.17, 15) is 9.90 Å². The maximum atomic E-state index is 12.8. The SMILES string of the molecule is CC(C)C[C@@H](Cc1cccnc1)C(=O)N1CCC(O)CC1. The third-order valence-electron chi connectivity index (χ3n) is 4.09. The molecule has 2 heterocycles. The lowest BCUT2D eigenvalue weighted by Gasteiger charge is -2.33. The van der Waals surface area contributed by atoms with Crippen LogP contribution in [0.2, 0.25) is 0 Å². The molecule has 1 N–H and O–H groups in total. The van der Waals surface area contributed by atoms with Gasteiger partial charge in [0, 0.05) is 31.4 Å². The topological polar surface area (TPSA) is 53.4 Å². The van der Waals surface area contributed by atoms with Crippen LogP contribution in [0.25, 0.3) is 0 Å². The highest BCUT2D eigenvalue weighted by molar-refractivity contribution is 5.79. The van der Waals surface area contributed by atoms with Gasteiger partial charge in [-0.3, -0.25) is 9.78 Å². The molecule has 1 amide bonds. The minimum Gasteiger partial charge on any atom is -0.393 e. The quantitative estimate of drug-likeness (QED) is 0.905. The summed E-state index contributed by atoms with van der Waals surface area (Å²) in [4.78, 5) is 18.8. The largest absolute Gasteiger partial charge is 0.393 e. The van der Waals surface area contributed by atoms with Crippen molar-refractivity contribution in [3.63, 3.8) is 0 Å². The summed E-state index contributed by atoms with van der Waals surface area (Å²) in [5.74, 6) is 0.745. The first-order valence-electron chi connectivity index (χ1n) is 7.92. The van der Waals surface area contributed by atoms with Crippen molar-refractivity contribution in [3.8, 4) is 0 Å². The third kappa shape index (κ3) is 4.81. The van der Waals surface area contributed by atoms with Gasteiger partial charge >= 0.3 is 0 Å². The summed E-state index contributed by atoms with van der Waals surface area (Å²) < 4.78 is 0. The first-order valence-corrected chi connectivity index (χ1v) is 7.92. The zero-order valence-electron chi connectivity index (χ0n) is 13.0. The van der Waals surface area contributed by atoms with Crippen LogP contribution in [0.4, 0.5) is 0 Å². The Balaban J connectivity index is 2.02. The van der Waals surface area contributed by atoms with Gasteiger partial charge in [-0.25, -0.2) is 0 Å². The van der Waals surface area contributed by atoms with Gasteiger partial charge in [0.25, 0.3) is 0 Å². The molecular formula is C17H26N2O2. The van der Waals surface area contributed by atoms with Gasteiger partial charge in [-0.2, -0.15) is 0 Å². The predicted molar refractivity (Wildman–Crippen MR) is 82.7 cm³/mol. The zero-order valence-corrected chi connectivity index (χ0v) is 13.0. The van der Waals surface area contributed by atoms with Crippen LogP contribution in [0.3, 0.4) is 0 Å². The van der Waals surface area contributed by atoms with E-state index < -0.39 is 0 Å². The summed E-state index contributed by atoms with van der Waals surface area (Å²) in [6, 6.07) is 3.96. The van der Waals surface area contributed by atoms with Gasteiger partial charge in [-0.15, -0.1) is 0 Å². The van der Waals surface area contributed by atoms with Gasteiger partial charge in [0.2, 0.25) is 5.91 Å². The summed E-state index contributed by atoms with van der Waals surface area (Å²) in [6.45, 7) is 5.68. The second-order valence-corrected chi connectivity index (χ2v) is 6.45. The van der Waals surface area contributed by atoms with E-state index in [2.05, 4.69) is 18.8 Å². The van der Waals surface area contributed by atoms with E-state index in [1.165, 1.54) is 0 Å². The van der Waals surface area contributed by atoms with E-state index in [1.807, 2.05) is 23.2 Å².